The first-order chi connectivity index (χ1) is 15.1. The number of alkyl halides is 5. The minimum absolute atomic E-state index is 0.0749. The van der Waals surface area contributed by atoms with E-state index < -0.39 is 34.5 Å². The molecule has 0 saturated heterocycles. The van der Waals surface area contributed by atoms with E-state index in [1.54, 1.807) is 6.07 Å². The van der Waals surface area contributed by atoms with Gasteiger partial charge in [-0.1, -0.05) is 26.8 Å². The molecule has 1 aliphatic carbocycles. The number of aliphatic hydroxyl groups is 1. The summed E-state index contributed by atoms with van der Waals surface area (Å²) in [6.45, 7) is 6.02. The first kappa shape index (κ1) is 24.7. The highest BCUT2D eigenvalue weighted by Gasteiger charge is 2.39. The summed E-state index contributed by atoms with van der Waals surface area (Å²) in [5.41, 5.74) is -1.59. The SMILES string of the molecule is CCc1ccc(Oc2ncc(C(C)(F)F)cc2C(F)(F)F)cc1C1=C(O)CC(C)(C)CC1=O. The number of rotatable bonds is 5. The number of halogens is 5. The number of nitrogens with zero attached hydrogens (tertiary/aromatic N) is 1. The predicted octanol–water partition coefficient (Wildman–Crippen LogP) is 7.23. The molecule has 3 rings (SSSR count). The normalized spacial score (nSPS) is 16.8. The number of aliphatic hydroxyl groups excluding tert-OH is 1. The Morgan fingerprint density at radius 1 is 1.12 bits per heavy atom. The maximum Gasteiger partial charge on any atom is 0.421 e. The number of aromatic nitrogens is 1. The summed E-state index contributed by atoms with van der Waals surface area (Å²) in [6.07, 6.45) is -3.38. The second-order valence-electron chi connectivity index (χ2n) is 9.00. The van der Waals surface area contributed by atoms with Crippen molar-refractivity contribution >= 4 is 11.4 Å². The van der Waals surface area contributed by atoms with Gasteiger partial charge < -0.3 is 9.84 Å². The highest BCUT2D eigenvalue weighted by Crippen LogP contribution is 2.43. The average Bonchev–Trinajstić information content (AvgIpc) is 2.65. The smallest absolute Gasteiger partial charge is 0.421 e. The lowest BCUT2D eigenvalue weighted by Crippen LogP contribution is -2.25. The van der Waals surface area contributed by atoms with Crippen molar-refractivity contribution in [2.75, 3.05) is 0 Å². The average molecular weight is 469 g/mol. The summed E-state index contributed by atoms with van der Waals surface area (Å²) >= 11 is 0. The van der Waals surface area contributed by atoms with Crippen molar-refractivity contribution in [3.05, 3.63) is 58.5 Å². The molecule has 1 heterocycles. The van der Waals surface area contributed by atoms with Crippen molar-refractivity contribution in [3.63, 3.8) is 0 Å². The molecule has 2 aromatic rings. The summed E-state index contributed by atoms with van der Waals surface area (Å²) in [4.78, 5) is 16.3. The van der Waals surface area contributed by atoms with Gasteiger partial charge in [0.05, 0.1) is 5.57 Å². The second kappa shape index (κ2) is 8.43. The van der Waals surface area contributed by atoms with Gasteiger partial charge >= 0.3 is 6.18 Å². The molecule has 1 aromatic heterocycles. The third-order valence-corrected chi connectivity index (χ3v) is 5.46. The Morgan fingerprint density at radius 3 is 2.33 bits per heavy atom. The molecule has 0 atom stereocenters. The van der Waals surface area contributed by atoms with Gasteiger partial charge in [-0.2, -0.15) is 13.2 Å². The molecule has 178 valence electrons. The standard InChI is InChI=1S/C24H24F5NO3/c1-5-13-6-7-15(9-16(13)20-18(31)10-22(2,3)11-19(20)32)33-21-17(24(27,28)29)8-14(12-30-21)23(4,25)26/h6-9,12,31H,5,10-11H2,1-4H3. The second-order valence-corrected chi connectivity index (χ2v) is 9.00. The van der Waals surface area contributed by atoms with Crippen LogP contribution >= 0.6 is 0 Å². The molecule has 0 bridgehead atoms. The number of benzene rings is 1. The molecule has 0 aliphatic heterocycles. The summed E-state index contributed by atoms with van der Waals surface area (Å²) in [5.74, 6) is -4.85. The minimum atomic E-state index is -4.98. The first-order valence-corrected chi connectivity index (χ1v) is 10.3. The van der Waals surface area contributed by atoms with Crippen molar-refractivity contribution in [2.24, 2.45) is 5.41 Å². The zero-order chi connectivity index (χ0) is 24.8. The number of Topliss-reactive ketones (excluding diaryl/α,β-unsaturated/α-hetero) is 1. The van der Waals surface area contributed by atoms with Crippen LogP contribution in [0.3, 0.4) is 0 Å². The van der Waals surface area contributed by atoms with E-state index in [1.165, 1.54) is 12.1 Å². The Kier molecular flexibility index (Phi) is 6.30. The topological polar surface area (TPSA) is 59.4 Å². The van der Waals surface area contributed by atoms with E-state index in [4.69, 9.17) is 4.74 Å². The van der Waals surface area contributed by atoms with Crippen LogP contribution in [0, 0.1) is 5.41 Å². The number of hydrogen-bond donors (Lipinski definition) is 1. The van der Waals surface area contributed by atoms with Crippen LogP contribution in [0.1, 0.15) is 62.8 Å². The largest absolute Gasteiger partial charge is 0.512 e. The van der Waals surface area contributed by atoms with Crippen LogP contribution in [0.4, 0.5) is 22.0 Å². The third kappa shape index (κ3) is 5.34. The number of carbonyl (C=O) groups is 1. The Labute approximate surface area is 188 Å². The Balaban J connectivity index is 2.08. The van der Waals surface area contributed by atoms with E-state index in [9.17, 15) is 31.9 Å². The minimum Gasteiger partial charge on any atom is -0.512 e. The van der Waals surface area contributed by atoms with Crippen LogP contribution in [-0.4, -0.2) is 15.9 Å². The van der Waals surface area contributed by atoms with E-state index in [0.29, 0.717) is 36.7 Å². The highest BCUT2D eigenvalue weighted by molar-refractivity contribution is 6.22. The summed E-state index contributed by atoms with van der Waals surface area (Å²) < 4.78 is 73.0. The quantitative estimate of drug-likeness (QED) is 0.470. The van der Waals surface area contributed by atoms with Gasteiger partial charge in [0.15, 0.2) is 5.78 Å². The summed E-state index contributed by atoms with van der Waals surface area (Å²) in [6, 6.07) is 4.66. The maximum absolute atomic E-state index is 13.5. The third-order valence-electron chi connectivity index (χ3n) is 5.46. The molecule has 4 nitrogen and oxygen atoms in total. The molecule has 1 N–H and O–H groups in total. The highest BCUT2D eigenvalue weighted by atomic mass is 19.4. The van der Waals surface area contributed by atoms with E-state index in [0.717, 1.165) is 0 Å². The number of allylic oxidation sites excluding steroid dienone is 2. The van der Waals surface area contributed by atoms with E-state index in [1.807, 2.05) is 20.8 Å². The molecule has 0 spiro atoms. The molecule has 1 aromatic carbocycles. The maximum atomic E-state index is 13.5. The number of ether oxygens (including phenoxy) is 1. The molecule has 33 heavy (non-hydrogen) atoms. The molecule has 0 unspecified atom stereocenters. The molecule has 0 amide bonds. The van der Waals surface area contributed by atoms with Crippen LogP contribution in [0.5, 0.6) is 11.6 Å². The molecule has 9 heteroatoms. The zero-order valence-electron chi connectivity index (χ0n) is 18.6. The van der Waals surface area contributed by atoms with Gasteiger partial charge in [0, 0.05) is 31.5 Å². The fraction of sp³-hybridized carbons (Fsp3) is 0.417. The van der Waals surface area contributed by atoms with Crippen LogP contribution in [-0.2, 0) is 23.3 Å². The number of aryl methyl sites for hydroxylation is 1. The fourth-order valence-electron chi connectivity index (χ4n) is 3.84. The number of hydrogen-bond acceptors (Lipinski definition) is 4. The van der Waals surface area contributed by atoms with Crippen molar-refractivity contribution in [2.45, 2.75) is 59.1 Å². The van der Waals surface area contributed by atoms with E-state index in [-0.39, 0.29) is 35.7 Å². The van der Waals surface area contributed by atoms with Crippen molar-refractivity contribution < 1.29 is 36.6 Å². The fourth-order valence-corrected chi connectivity index (χ4v) is 3.84. The Bertz CT molecular complexity index is 1110. The monoisotopic (exact) mass is 469 g/mol. The van der Waals surface area contributed by atoms with E-state index in [2.05, 4.69) is 4.98 Å². The Hall–Kier alpha value is -2.97. The van der Waals surface area contributed by atoms with Crippen LogP contribution in [0.15, 0.2) is 36.2 Å². The lowest BCUT2D eigenvalue weighted by molar-refractivity contribution is -0.139. The molecule has 1 aliphatic rings. The number of pyridine rings is 1. The van der Waals surface area contributed by atoms with Crippen molar-refractivity contribution in [1.29, 1.82) is 0 Å². The number of carbonyl (C=O) groups excluding carboxylic acids is 1. The molecule has 0 radical (unpaired) electrons. The van der Waals surface area contributed by atoms with Gasteiger partial charge in [-0.05, 0) is 41.2 Å². The van der Waals surface area contributed by atoms with Crippen molar-refractivity contribution in [3.8, 4) is 11.6 Å². The van der Waals surface area contributed by atoms with Crippen LogP contribution in [0.25, 0.3) is 5.57 Å². The van der Waals surface area contributed by atoms with E-state index >= 15 is 0 Å². The summed E-state index contributed by atoms with van der Waals surface area (Å²) in [5, 5.41) is 10.6. The predicted molar refractivity (Wildman–Crippen MR) is 112 cm³/mol. The zero-order valence-corrected chi connectivity index (χ0v) is 18.6. The Morgan fingerprint density at radius 2 is 1.79 bits per heavy atom. The number of ketones is 1. The molecule has 0 saturated carbocycles. The van der Waals surface area contributed by atoms with Gasteiger partial charge in [-0.15, -0.1) is 0 Å². The van der Waals surface area contributed by atoms with Gasteiger partial charge in [-0.25, -0.2) is 13.8 Å². The lowest BCUT2D eigenvalue weighted by Gasteiger charge is -2.30. The van der Waals surface area contributed by atoms with Gasteiger partial charge in [0.1, 0.15) is 17.1 Å². The van der Waals surface area contributed by atoms with Crippen LogP contribution in [0.2, 0.25) is 0 Å². The molecule has 0 fully saturated rings. The molecular formula is C24H24F5NO3. The van der Waals surface area contributed by atoms with Crippen molar-refractivity contribution in [1.82, 2.24) is 4.98 Å². The van der Waals surface area contributed by atoms with Gasteiger partial charge in [-0.3, -0.25) is 4.79 Å². The van der Waals surface area contributed by atoms with Gasteiger partial charge in [0.2, 0.25) is 5.88 Å². The van der Waals surface area contributed by atoms with Crippen LogP contribution < -0.4 is 4.74 Å². The first-order valence-electron chi connectivity index (χ1n) is 10.3. The van der Waals surface area contributed by atoms with Gasteiger partial charge in [0.25, 0.3) is 5.92 Å². The lowest BCUT2D eigenvalue weighted by atomic mass is 9.74. The summed E-state index contributed by atoms with van der Waals surface area (Å²) in [7, 11) is 0. The molecular weight excluding hydrogens is 445 g/mol.